The summed E-state index contributed by atoms with van der Waals surface area (Å²) in [6.45, 7) is 2.01. The number of aromatic nitrogens is 3. The van der Waals surface area contributed by atoms with Gasteiger partial charge in [0.2, 0.25) is 0 Å². The molecule has 1 aliphatic heterocycles. The molecule has 1 unspecified atom stereocenters. The van der Waals surface area contributed by atoms with Crippen LogP contribution >= 0.6 is 0 Å². The Balaban J connectivity index is 1.92. The van der Waals surface area contributed by atoms with Crippen molar-refractivity contribution in [1.29, 1.82) is 0 Å². The Kier molecular flexibility index (Phi) is 3.62. The van der Waals surface area contributed by atoms with Gasteiger partial charge < -0.3 is 19.9 Å². The first-order chi connectivity index (χ1) is 9.78. The fourth-order valence-corrected chi connectivity index (χ4v) is 2.35. The molecule has 0 aromatic carbocycles. The van der Waals surface area contributed by atoms with Crippen LogP contribution in [-0.4, -0.2) is 41.4 Å². The van der Waals surface area contributed by atoms with Crippen LogP contribution in [0.4, 0.5) is 5.82 Å². The minimum atomic E-state index is 0.191. The van der Waals surface area contributed by atoms with Gasteiger partial charge in [0.15, 0.2) is 5.82 Å². The molecule has 3 rings (SSSR count). The number of ether oxygens (including phenoxy) is 1. The van der Waals surface area contributed by atoms with Gasteiger partial charge in [0, 0.05) is 32.4 Å². The van der Waals surface area contributed by atoms with Crippen LogP contribution in [0.3, 0.4) is 0 Å². The average molecular weight is 275 g/mol. The average Bonchev–Trinajstić information content (AvgIpc) is 3.08. The summed E-state index contributed by atoms with van der Waals surface area (Å²) in [6, 6.07) is 3.97. The van der Waals surface area contributed by atoms with Crippen molar-refractivity contribution < 1.29 is 9.26 Å². The van der Waals surface area contributed by atoms with Gasteiger partial charge in [0.1, 0.15) is 12.4 Å². The first-order valence-corrected chi connectivity index (χ1v) is 6.55. The molecule has 1 fully saturated rings. The fourth-order valence-electron chi connectivity index (χ4n) is 2.35. The van der Waals surface area contributed by atoms with Crippen molar-refractivity contribution in [2.45, 2.75) is 19.1 Å². The van der Waals surface area contributed by atoms with E-state index in [1.165, 1.54) is 0 Å². The Labute approximate surface area is 116 Å². The van der Waals surface area contributed by atoms with E-state index in [9.17, 15) is 0 Å². The summed E-state index contributed by atoms with van der Waals surface area (Å²) in [5, 5.41) is 3.88. The molecule has 106 valence electrons. The van der Waals surface area contributed by atoms with E-state index >= 15 is 0 Å². The van der Waals surface area contributed by atoms with Gasteiger partial charge in [-0.25, -0.2) is 4.98 Å². The monoisotopic (exact) mass is 275 g/mol. The molecule has 2 aromatic rings. The van der Waals surface area contributed by atoms with E-state index < -0.39 is 0 Å². The van der Waals surface area contributed by atoms with E-state index in [1.807, 2.05) is 12.1 Å². The number of nitrogens with zero attached hydrogens (tertiary/aromatic N) is 4. The molecule has 0 spiro atoms. The zero-order chi connectivity index (χ0) is 13.9. The molecule has 0 radical (unpaired) electrons. The zero-order valence-electron chi connectivity index (χ0n) is 11.3. The van der Waals surface area contributed by atoms with E-state index in [1.54, 1.807) is 13.3 Å². The summed E-state index contributed by atoms with van der Waals surface area (Å²) >= 11 is 0. The van der Waals surface area contributed by atoms with Crippen molar-refractivity contribution in [3.8, 4) is 11.5 Å². The van der Waals surface area contributed by atoms with Crippen molar-refractivity contribution in [2.75, 3.05) is 25.1 Å². The third-order valence-corrected chi connectivity index (χ3v) is 3.28. The standard InChI is InChI=1S/C13H17N5O2/c1-19-8-11-16-13(20-17-11)10-3-2-5-15-12(10)18-6-4-9(14)7-18/h2-3,5,9H,4,6-8,14H2,1H3. The Morgan fingerprint density at radius 3 is 3.20 bits per heavy atom. The highest BCUT2D eigenvalue weighted by atomic mass is 16.5. The second-order valence-electron chi connectivity index (χ2n) is 4.82. The SMILES string of the molecule is COCc1noc(-c2cccnc2N2CCC(N)C2)n1. The third kappa shape index (κ3) is 2.50. The van der Waals surface area contributed by atoms with Gasteiger partial charge in [0.25, 0.3) is 5.89 Å². The number of hydrogen-bond acceptors (Lipinski definition) is 7. The van der Waals surface area contributed by atoms with Crippen LogP contribution in [-0.2, 0) is 11.3 Å². The molecule has 2 aromatic heterocycles. The molecule has 20 heavy (non-hydrogen) atoms. The lowest BCUT2D eigenvalue weighted by molar-refractivity contribution is 0.174. The lowest BCUT2D eigenvalue weighted by Gasteiger charge is -2.18. The fraction of sp³-hybridized carbons (Fsp3) is 0.462. The van der Waals surface area contributed by atoms with Crippen LogP contribution in [0, 0.1) is 0 Å². The van der Waals surface area contributed by atoms with Crippen molar-refractivity contribution in [3.63, 3.8) is 0 Å². The molecule has 7 nitrogen and oxygen atoms in total. The van der Waals surface area contributed by atoms with E-state index in [0.29, 0.717) is 18.3 Å². The van der Waals surface area contributed by atoms with Crippen molar-refractivity contribution in [1.82, 2.24) is 15.1 Å². The van der Waals surface area contributed by atoms with Gasteiger partial charge in [-0.05, 0) is 18.6 Å². The summed E-state index contributed by atoms with van der Waals surface area (Å²) in [5.74, 6) is 1.82. The first-order valence-electron chi connectivity index (χ1n) is 6.55. The number of anilines is 1. The molecule has 0 aliphatic carbocycles. The summed E-state index contributed by atoms with van der Waals surface area (Å²) in [6.07, 6.45) is 2.73. The Morgan fingerprint density at radius 1 is 1.55 bits per heavy atom. The maximum atomic E-state index is 5.96. The minimum absolute atomic E-state index is 0.191. The van der Waals surface area contributed by atoms with Gasteiger partial charge in [-0.1, -0.05) is 5.16 Å². The van der Waals surface area contributed by atoms with Crippen LogP contribution in [0.1, 0.15) is 12.2 Å². The zero-order valence-corrected chi connectivity index (χ0v) is 11.3. The quantitative estimate of drug-likeness (QED) is 0.883. The minimum Gasteiger partial charge on any atom is -0.377 e. The molecular formula is C13H17N5O2. The van der Waals surface area contributed by atoms with Crippen molar-refractivity contribution in [3.05, 3.63) is 24.2 Å². The van der Waals surface area contributed by atoms with Gasteiger partial charge in [-0.2, -0.15) is 4.98 Å². The molecule has 1 aliphatic rings. The van der Waals surface area contributed by atoms with Gasteiger partial charge in [0.05, 0.1) is 5.56 Å². The highest BCUT2D eigenvalue weighted by Crippen LogP contribution is 2.29. The van der Waals surface area contributed by atoms with Gasteiger partial charge in [-0.15, -0.1) is 0 Å². The second kappa shape index (κ2) is 5.56. The van der Waals surface area contributed by atoms with Crippen LogP contribution in [0.25, 0.3) is 11.5 Å². The summed E-state index contributed by atoms with van der Waals surface area (Å²) in [5.41, 5.74) is 6.79. The number of nitrogens with two attached hydrogens (primary N) is 1. The van der Waals surface area contributed by atoms with Gasteiger partial charge >= 0.3 is 0 Å². The number of rotatable bonds is 4. The molecule has 1 atom stereocenters. The Morgan fingerprint density at radius 2 is 2.45 bits per heavy atom. The molecule has 7 heteroatoms. The largest absolute Gasteiger partial charge is 0.377 e. The van der Waals surface area contributed by atoms with E-state index in [2.05, 4.69) is 20.0 Å². The number of pyridine rings is 1. The van der Waals surface area contributed by atoms with Crippen LogP contribution in [0.5, 0.6) is 0 Å². The normalized spacial score (nSPS) is 18.7. The topological polar surface area (TPSA) is 90.3 Å². The summed E-state index contributed by atoms with van der Waals surface area (Å²) < 4.78 is 10.3. The molecule has 0 bridgehead atoms. The highest BCUT2D eigenvalue weighted by Gasteiger charge is 2.24. The van der Waals surface area contributed by atoms with Crippen LogP contribution in [0.15, 0.2) is 22.9 Å². The van der Waals surface area contributed by atoms with Gasteiger partial charge in [-0.3, -0.25) is 0 Å². The van der Waals surface area contributed by atoms with E-state index in [-0.39, 0.29) is 6.04 Å². The second-order valence-corrected chi connectivity index (χ2v) is 4.82. The molecule has 3 heterocycles. The molecule has 2 N–H and O–H groups in total. The van der Waals surface area contributed by atoms with E-state index in [4.69, 9.17) is 15.0 Å². The van der Waals surface area contributed by atoms with Crippen LogP contribution in [0.2, 0.25) is 0 Å². The van der Waals surface area contributed by atoms with Crippen molar-refractivity contribution >= 4 is 5.82 Å². The Bertz CT molecular complexity index is 586. The first kappa shape index (κ1) is 13.0. The van der Waals surface area contributed by atoms with E-state index in [0.717, 1.165) is 30.9 Å². The maximum absolute atomic E-state index is 5.96. The Hall–Kier alpha value is -1.99. The van der Waals surface area contributed by atoms with Crippen molar-refractivity contribution in [2.24, 2.45) is 5.73 Å². The summed E-state index contributed by atoms with van der Waals surface area (Å²) in [4.78, 5) is 10.9. The lowest BCUT2D eigenvalue weighted by atomic mass is 10.2. The predicted molar refractivity (Wildman–Crippen MR) is 73.0 cm³/mol. The summed E-state index contributed by atoms with van der Waals surface area (Å²) in [7, 11) is 1.59. The smallest absolute Gasteiger partial charge is 0.261 e. The third-order valence-electron chi connectivity index (χ3n) is 3.28. The highest BCUT2D eigenvalue weighted by molar-refractivity contribution is 5.70. The molecular weight excluding hydrogens is 258 g/mol. The number of hydrogen-bond donors (Lipinski definition) is 1. The molecule has 0 amide bonds. The molecule has 0 saturated carbocycles. The molecule has 1 saturated heterocycles. The van der Waals surface area contributed by atoms with Crippen LogP contribution < -0.4 is 10.6 Å². The lowest BCUT2D eigenvalue weighted by Crippen LogP contribution is -2.27. The predicted octanol–water partition coefficient (Wildman–Crippen LogP) is 0.815. The number of methoxy groups -OCH3 is 1. The maximum Gasteiger partial charge on any atom is 0.261 e.